The summed E-state index contributed by atoms with van der Waals surface area (Å²) < 4.78 is 7.20. The van der Waals surface area contributed by atoms with Gasteiger partial charge in [0, 0.05) is 19.3 Å². The Morgan fingerprint density at radius 1 is 1.35 bits per heavy atom. The van der Waals surface area contributed by atoms with Crippen molar-refractivity contribution in [3.63, 3.8) is 0 Å². The van der Waals surface area contributed by atoms with Crippen molar-refractivity contribution in [1.82, 2.24) is 15.1 Å². The van der Waals surface area contributed by atoms with Gasteiger partial charge in [-0.3, -0.25) is 9.48 Å². The lowest BCUT2D eigenvalue weighted by Crippen LogP contribution is -2.28. The molecule has 1 atom stereocenters. The number of carbonyl (C=O) groups excluding carboxylic acids is 1. The zero-order valence-electron chi connectivity index (χ0n) is 13.9. The Kier molecular flexibility index (Phi) is 5.39. The van der Waals surface area contributed by atoms with E-state index in [0.717, 1.165) is 17.0 Å². The van der Waals surface area contributed by atoms with Crippen molar-refractivity contribution in [2.75, 3.05) is 6.54 Å². The zero-order valence-corrected chi connectivity index (χ0v) is 13.9. The molecule has 0 fully saturated rings. The van der Waals surface area contributed by atoms with Gasteiger partial charge < -0.3 is 15.2 Å². The first kappa shape index (κ1) is 17.0. The van der Waals surface area contributed by atoms with Crippen molar-refractivity contribution in [2.24, 2.45) is 7.05 Å². The van der Waals surface area contributed by atoms with Crippen LogP contribution in [0, 0.1) is 6.92 Å². The van der Waals surface area contributed by atoms with Crippen molar-refractivity contribution in [3.8, 4) is 5.75 Å². The summed E-state index contributed by atoms with van der Waals surface area (Å²) in [5.74, 6) is 0.514. The largest absolute Gasteiger partial charge is 0.491 e. The summed E-state index contributed by atoms with van der Waals surface area (Å²) in [7, 11) is 1.78. The highest BCUT2D eigenvalue weighted by atomic mass is 16.5. The standard InChI is InChI=1S/C17H23N3O3/c1-11(2)23-14-7-5-13(6-8-14)16(21)10-18-17(22)15-9-19-20(4)12(15)3/h5-9,11,16,21H,10H2,1-4H3,(H,18,22). The Balaban J connectivity index is 1.92. The van der Waals surface area contributed by atoms with Gasteiger partial charge in [-0.15, -0.1) is 0 Å². The molecule has 6 heteroatoms. The zero-order chi connectivity index (χ0) is 17.0. The summed E-state index contributed by atoms with van der Waals surface area (Å²) in [6.45, 7) is 5.88. The molecule has 0 aliphatic carbocycles. The van der Waals surface area contributed by atoms with Gasteiger partial charge in [0.1, 0.15) is 5.75 Å². The van der Waals surface area contributed by atoms with Gasteiger partial charge in [-0.25, -0.2) is 0 Å². The van der Waals surface area contributed by atoms with E-state index < -0.39 is 6.10 Å². The van der Waals surface area contributed by atoms with Gasteiger partial charge in [-0.2, -0.15) is 5.10 Å². The number of carbonyl (C=O) groups is 1. The predicted molar refractivity (Wildman–Crippen MR) is 87.4 cm³/mol. The van der Waals surface area contributed by atoms with Crippen LogP contribution in [0.1, 0.15) is 41.6 Å². The van der Waals surface area contributed by atoms with E-state index in [1.54, 1.807) is 23.9 Å². The van der Waals surface area contributed by atoms with Crippen molar-refractivity contribution < 1.29 is 14.6 Å². The molecule has 0 saturated carbocycles. The summed E-state index contributed by atoms with van der Waals surface area (Å²) in [4.78, 5) is 12.1. The number of benzene rings is 1. The summed E-state index contributed by atoms with van der Waals surface area (Å²) in [6, 6.07) is 7.21. The molecule has 0 aliphatic rings. The number of rotatable bonds is 6. The van der Waals surface area contributed by atoms with Crippen LogP contribution in [0.5, 0.6) is 5.75 Å². The second-order valence-corrected chi connectivity index (χ2v) is 5.73. The number of ether oxygens (including phenoxy) is 1. The molecule has 0 bridgehead atoms. The van der Waals surface area contributed by atoms with Crippen LogP contribution in [0.15, 0.2) is 30.5 Å². The van der Waals surface area contributed by atoms with Crippen LogP contribution in [0.25, 0.3) is 0 Å². The minimum atomic E-state index is -0.774. The topological polar surface area (TPSA) is 76.4 Å². The lowest BCUT2D eigenvalue weighted by Gasteiger charge is -2.14. The van der Waals surface area contributed by atoms with Crippen LogP contribution in [0.2, 0.25) is 0 Å². The number of hydrogen-bond acceptors (Lipinski definition) is 4. The van der Waals surface area contributed by atoms with E-state index in [-0.39, 0.29) is 18.6 Å². The van der Waals surface area contributed by atoms with Gasteiger partial charge in [0.2, 0.25) is 0 Å². The molecule has 1 aromatic heterocycles. The Labute approximate surface area is 136 Å². The fraction of sp³-hybridized carbons (Fsp3) is 0.412. The number of nitrogens with zero attached hydrogens (tertiary/aromatic N) is 2. The summed E-state index contributed by atoms with van der Waals surface area (Å²) >= 11 is 0. The first-order valence-electron chi connectivity index (χ1n) is 7.60. The van der Waals surface area contributed by atoms with Crippen LogP contribution in [0.4, 0.5) is 0 Å². The van der Waals surface area contributed by atoms with Gasteiger partial charge in [-0.05, 0) is 38.5 Å². The number of aromatic nitrogens is 2. The molecule has 2 rings (SSSR count). The highest BCUT2D eigenvalue weighted by Crippen LogP contribution is 2.18. The van der Waals surface area contributed by atoms with Gasteiger partial charge in [0.05, 0.1) is 24.0 Å². The van der Waals surface area contributed by atoms with Crippen molar-refractivity contribution in [1.29, 1.82) is 0 Å². The monoisotopic (exact) mass is 317 g/mol. The van der Waals surface area contributed by atoms with Crippen molar-refractivity contribution >= 4 is 5.91 Å². The molecule has 1 unspecified atom stereocenters. The molecule has 124 valence electrons. The summed E-state index contributed by atoms with van der Waals surface area (Å²) in [5.41, 5.74) is 2.02. The summed E-state index contributed by atoms with van der Waals surface area (Å²) in [6.07, 6.45) is 0.853. The molecule has 0 aliphatic heterocycles. The molecule has 0 radical (unpaired) electrons. The first-order valence-corrected chi connectivity index (χ1v) is 7.60. The maximum absolute atomic E-state index is 12.1. The Morgan fingerprint density at radius 3 is 2.52 bits per heavy atom. The van der Waals surface area contributed by atoms with E-state index in [2.05, 4.69) is 10.4 Å². The van der Waals surface area contributed by atoms with E-state index >= 15 is 0 Å². The third-order valence-corrected chi connectivity index (χ3v) is 3.57. The maximum atomic E-state index is 12.1. The third-order valence-electron chi connectivity index (χ3n) is 3.57. The second kappa shape index (κ2) is 7.28. The Bertz CT molecular complexity index is 662. The molecule has 1 aromatic carbocycles. The van der Waals surface area contributed by atoms with Crippen molar-refractivity contribution in [2.45, 2.75) is 33.0 Å². The van der Waals surface area contributed by atoms with Crippen LogP contribution in [-0.4, -0.2) is 33.4 Å². The molecule has 0 spiro atoms. The minimum absolute atomic E-state index is 0.104. The van der Waals surface area contributed by atoms with E-state index in [4.69, 9.17) is 4.74 Å². The minimum Gasteiger partial charge on any atom is -0.491 e. The van der Waals surface area contributed by atoms with E-state index in [1.165, 1.54) is 6.20 Å². The number of aliphatic hydroxyl groups excluding tert-OH is 1. The lowest BCUT2D eigenvalue weighted by molar-refractivity contribution is 0.0915. The number of aryl methyl sites for hydroxylation is 1. The molecule has 1 amide bonds. The summed E-state index contributed by atoms with van der Waals surface area (Å²) in [5, 5.41) is 16.9. The fourth-order valence-corrected chi connectivity index (χ4v) is 2.16. The molecule has 2 aromatic rings. The van der Waals surface area contributed by atoms with E-state index in [9.17, 15) is 9.90 Å². The molecule has 6 nitrogen and oxygen atoms in total. The average molecular weight is 317 g/mol. The highest BCUT2D eigenvalue weighted by Gasteiger charge is 2.15. The lowest BCUT2D eigenvalue weighted by atomic mass is 10.1. The molecule has 2 N–H and O–H groups in total. The normalized spacial score (nSPS) is 12.3. The number of nitrogens with one attached hydrogen (secondary N) is 1. The third kappa shape index (κ3) is 4.32. The van der Waals surface area contributed by atoms with Crippen LogP contribution in [-0.2, 0) is 7.05 Å². The Morgan fingerprint density at radius 2 is 2.00 bits per heavy atom. The number of amides is 1. The molecule has 23 heavy (non-hydrogen) atoms. The van der Waals surface area contributed by atoms with E-state index in [0.29, 0.717) is 5.56 Å². The molecular weight excluding hydrogens is 294 g/mol. The van der Waals surface area contributed by atoms with Crippen molar-refractivity contribution in [3.05, 3.63) is 47.3 Å². The fourth-order valence-electron chi connectivity index (χ4n) is 2.16. The van der Waals surface area contributed by atoms with Gasteiger partial charge in [-0.1, -0.05) is 12.1 Å². The van der Waals surface area contributed by atoms with Gasteiger partial charge >= 0.3 is 0 Å². The smallest absolute Gasteiger partial charge is 0.254 e. The van der Waals surface area contributed by atoms with Crippen LogP contribution in [0.3, 0.4) is 0 Å². The highest BCUT2D eigenvalue weighted by molar-refractivity contribution is 5.95. The van der Waals surface area contributed by atoms with Crippen LogP contribution < -0.4 is 10.1 Å². The molecule has 0 saturated heterocycles. The first-order chi connectivity index (χ1) is 10.9. The second-order valence-electron chi connectivity index (χ2n) is 5.73. The van der Waals surface area contributed by atoms with E-state index in [1.807, 2.05) is 32.9 Å². The maximum Gasteiger partial charge on any atom is 0.254 e. The average Bonchev–Trinajstić information content (AvgIpc) is 2.84. The molecular formula is C17H23N3O3. The quantitative estimate of drug-likeness (QED) is 0.854. The number of hydrogen-bond donors (Lipinski definition) is 2. The Hall–Kier alpha value is -2.34. The SMILES string of the molecule is Cc1c(C(=O)NCC(O)c2ccc(OC(C)C)cc2)cnn1C. The molecule has 1 heterocycles. The predicted octanol–water partition coefficient (Wildman–Crippen LogP) is 1.98. The van der Waals surface area contributed by atoms with Gasteiger partial charge in [0.15, 0.2) is 0 Å². The number of aliphatic hydroxyl groups is 1. The van der Waals surface area contributed by atoms with Crippen LogP contribution >= 0.6 is 0 Å². The van der Waals surface area contributed by atoms with Gasteiger partial charge in [0.25, 0.3) is 5.91 Å².